The van der Waals surface area contributed by atoms with Gasteiger partial charge in [-0.1, -0.05) is 37.3 Å². The Bertz CT molecular complexity index is 505. The van der Waals surface area contributed by atoms with Crippen LogP contribution in [0.2, 0.25) is 0 Å². The van der Waals surface area contributed by atoms with Gasteiger partial charge in [-0.15, -0.1) is 11.3 Å². The van der Waals surface area contributed by atoms with Crippen LogP contribution in [0.5, 0.6) is 0 Å². The van der Waals surface area contributed by atoms with Crippen LogP contribution in [0.15, 0.2) is 44.7 Å². The second kappa shape index (κ2) is 7.02. The summed E-state index contributed by atoms with van der Waals surface area (Å²) in [4.78, 5) is 1.36. The van der Waals surface area contributed by atoms with Crippen LogP contribution < -0.4 is 5.32 Å². The zero-order valence-corrected chi connectivity index (χ0v) is 15.0. The molecule has 2 aromatic rings. The van der Waals surface area contributed by atoms with E-state index in [1.54, 1.807) is 11.3 Å². The van der Waals surface area contributed by atoms with E-state index >= 15 is 0 Å². The third-order valence-corrected chi connectivity index (χ3v) is 6.69. The monoisotopic (exact) mass is 401 g/mol. The number of nitrogens with one attached hydrogen (secondary N) is 1. The molecule has 1 aromatic heterocycles. The molecule has 1 nitrogen and oxygen atoms in total. The van der Waals surface area contributed by atoms with Crippen molar-refractivity contribution in [1.29, 1.82) is 0 Å². The lowest BCUT2D eigenvalue weighted by Crippen LogP contribution is -2.22. The van der Waals surface area contributed by atoms with Crippen LogP contribution in [0.4, 0.5) is 0 Å². The molecular formula is C15H17Br2NS. The van der Waals surface area contributed by atoms with Crippen LogP contribution in [0.25, 0.3) is 0 Å². The lowest BCUT2D eigenvalue weighted by Gasteiger charge is -2.25. The normalized spacial score (nSPS) is 14.3. The van der Waals surface area contributed by atoms with Crippen molar-refractivity contribution in [2.75, 3.05) is 7.05 Å². The number of benzene rings is 1. The van der Waals surface area contributed by atoms with Gasteiger partial charge in [0.25, 0.3) is 0 Å². The SMILES string of the molecule is CCC(c1ccccc1)C(NC)c1cc(Br)c(Br)s1. The molecular weight excluding hydrogens is 386 g/mol. The van der Waals surface area contributed by atoms with Crippen LogP contribution in [0.1, 0.15) is 35.7 Å². The average Bonchev–Trinajstić information content (AvgIpc) is 2.76. The first-order chi connectivity index (χ1) is 9.17. The number of hydrogen-bond acceptors (Lipinski definition) is 2. The van der Waals surface area contributed by atoms with E-state index in [1.165, 1.54) is 10.4 Å². The van der Waals surface area contributed by atoms with Crippen molar-refractivity contribution in [3.05, 3.63) is 55.1 Å². The molecule has 0 radical (unpaired) electrons. The largest absolute Gasteiger partial charge is 0.312 e. The van der Waals surface area contributed by atoms with Gasteiger partial charge in [-0.3, -0.25) is 0 Å². The Labute approximate surface area is 135 Å². The Morgan fingerprint density at radius 3 is 2.37 bits per heavy atom. The van der Waals surface area contributed by atoms with Gasteiger partial charge in [0.15, 0.2) is 0 Å². The number of likely N-dealkylation sites (N-methyl/N-ethyl adjacent to an activating group) is 1. The molecule has 1 N–H and O–H groups in total. The van der Waals surface area contributed by atoms with Gasteiger partial charge in [0.2, 0.25) is 0 Å². The molecule has 0 aliphatic heterocycles. The summed E-state index contributed by atoms with van der Waals surface area (Å²) in [6.07, 6.45) is 1.11. The van der Waals surface area contributed by atoms with E-state index in [9.17, 15) is 0 Å². The van der Waals surface area contributed by atoms with Crippen molar-refractivity contribution in [3.63, 3.8) is 0 Å². The van der Waals surface area contributed by atoms with Crippen molar-refractivity contribution in [2.45, 2.75) is 25.3 Å². The zero-order valence-electron chi connectivity index (χ0n) is 11.0. The quantitative estimate of drug-likeness (QED) is 0.673. The van der Waals surface area contributed by atoms with Gasteiger partial charge in [0.05, 0.1) is 3.79 Å². The van der Waals surface area contributed by atoms with Crippen molar-refractivity contribution in [3.8, 4) is 0 Å². The summed E-state index contributed by atoms with van der Waals surface area (Å²) >= 11 is 8.95. The molecule has 0 saturated carbocycles. The third-order valence-electron chi connectivity index (χ3n) is 3.35. The van der Waals surface area contributed by atoms with Crippen molar-refractivity contribution in [2.24, 2.45) is 0 Å². The molecule has 1 heterocycles. The molecule has 2 unspecified atom stereocenters. The lowest BCUT2D eigenvalue weighted by atomic mass is 9.88. The van der Waals surface area contributed by atoms with Gasteiger partial charge >= 0.3 is 0 Å². The van der Waals surface area contributed by atoms with E-state index in [-0.39, 0.29) is 0 Å². The number of halogens is 2. The first kappa shape index (κ1) is 15.2. The molecule has 102 valence electrons. The summed E-state index contributed by atoms with van der Waals surface area (Å²) in [5.41, 5.74) is 1.39. The lowest BCUT2D eigenvalue weighted by molar-refractivity contribution is 0.474. The Kier molecular flexibility index (Phi) is 5.63. The first-order valence-corrected chi connectivity index (χ1v) is 8.74. The van der Waals surface area contributed by atoms with E-state index in [0.29, 0.717) is 12.0 Å². The highest BCUT2D eigenvalue weighted by atomic mass is 79.9. The maximum absolute atomic E-state index is 3.58. The Morgan fingerprint density at radius 1 is 1.21 bits per heavy atom. The highest BCUT2D eigenvalue weighted by Crippen LogP contribution is 2.41. The summed E-state index contributed by atoms with van der Waals surface area (Å²) in [7, 11) is 2.04. The molecule has 0 spiro atoms. The minimum absolute atomic E-state index is 0.347. The molecule has 0 bridgehead atoms. The maximum Gasteiger partial charge on any atom is 0.0843 e. The van der Waals surface area contributed by atoms with Crippen LogP contribution in [0.3, 0.4) is 0 Å². The van der Waals surface area contributed by atoms with E-state index in [4.69, 9.17) is 0 Å². The van der Waals surface area contributed by atoms with Crippen molar-refractivity contribution >= 4 is 43.2 Å². The average molecular weight is 403 g/mol. The van der Waals surface area contributed by atoms with Gasteiger partial charge in [-0.25, -0.2) is 0 Å². The molecule has 19 heavy (non-hydrogen) atoms. The van der Waals surface area contributed by atoms with Crippen LogP contribution >= 0.6 is 43.2 Å². The van der Waals surface area contributed by atoms with Crippen LogP contribution in [-0.4, -0.2) is 7.05 Å². The van der Waals surface area contributed by atoms with Crippen LogP contribution in [0, 0.1) is 0 Å². The second-order valence-corrected chi connectivity index (χ2v) is 7.72. The number of hydrogen-bond donors (Lipinski definition) is 1. The van der Waals surface area contributed by atoms with E-state index < -0.39 is 0 Å². The Morgan fingerprint density at radius 2 is 1.89 bits per heavy atom. The summed E-state index contributed by atoms with van der Waals surface area (Å²) in [5, 5.41) is 3.48. The van der Waals surface area contributed by atoms with E-state index in [2.05, 4.69) is 80.5 Å². The minimum Gasteiger partial charge on any atom is -0.312 e. The first-order valence-electron chi connectivity index (χ1n) is 6.34. The maximum atomic E-state index is 3.58. The third kappa shape index (κ3) is 3.48. The fraction of sp³-hybridized carbons (Fsp3) is 0.333. The number of rotatable bonds is 5. The molecule has 0 aliphatic carbocycles. The Balaban J connectivity index is 2.34. The zero-order chi connectivity index (χ0) is 13.8. The molecule has 0 aliphatic rings. The molecule has 0 saturated heterocycles. The molecule has 4 heteroatoms. The smallest absolute Gasteiger partial charge is 0.0843 e. The molecule has 0 amide bonds. The molecule has 0 fully saturated rings. The van der Waals surface area contributed by atoms with E-state index in [0.717, 1.165) is 14.7 Å². The van der Waals surface area contributed by atoms with Gasteiger partial charge in [-0.2, -0.15) is 0 Å². The molecule has 1 aromatic carbocycles. The standard InChI is InChI=1S/C15H17Br2NS/c1-3-11(10-7-5-4-6-8-10)14(18-2)13-9-12(16)15(17)19-13/h4-9,11,14,18H,3H2,1-2H3. The van der Waals surface area contributed by atoms with Gasteiger partial charge in [-0.05, 0) is 57.0 Å². The van der Waals surface area contributed by atoms with E-state index in [1.807, 2.05) is 7.05 Å². The predicted octanol–water partition coefficient (Wildman–Crippen LogP) is 5.73. The summed E-state index contributed by atoms with van der Waals surface area (Å²) in [6, 6.07) is 13.3. The predicted molar refractivity (Wildman–Crippen MR) is 91.0 cm³/mol. The fourth-order valence-electron chi connectivity index (χ4n) is 2.42. The fourth-order valence-corrected chi connectivity index (χ4v) is 4.69. The van der Waals surface area contributed by atoms with Crippen molar-refractivity contribution < 1.29 is 0 Å². The summed E-state index contributed by atoms with van der Waals surface area (Å²) in [5.74, 6) is 0.489. The Hall–Kier alpha value is -0.160. The molecule has 2 atom stereocenters. The van der Waals surface area contributed by atoms with Gasteiger partial charge < -0.3 is 5.32 Å². The van der Waals surface area contributed by atoms with Gasteiger partial charge in [0, 0.05) is 21.3 Å². The summed E-state index contributed by atoms with van der Waals surface area (Å²) < 4.78 is 2.29. The van der Waals surface area contributed by atoms with Crippen LogP contribution in [-0.2, 0) is 0 Å². The minimum atomic E-state index is 0.347. The van der Waals surface area contributed by atoms with Crippen molar-refractivity contribution in [1.82, 2.24) is 5.32 Å². The number of thiophene rings is 1. The second-order valence-electron chi connectivity index (χ2n) is 4.46. The topological polar surface area (TPSA) is 12.0 Å². The molecule has 2 rings (SSSR count). The van der Waals surface area contributed by atoms with Gasteiger partial charge in [0.1, 0.15) is 0 Å². The highest BCUT2D eigenvalue weighted by Gasteiger charge is 2.24. The highest BCUT2D eigenvalue weighted by molar-refractivity contribution is 9.13. The summed E-state index contributed by atoms with van der Waals surface area (Å²) in [6.45, 7) is 2.25.